The van der Waals surface area contributed by atoms with E-state index in [1.807, 2.05) is 11.5 Å². The molecule has 1 rings (SSSR count). The lowest BCUT2D eigenvalue weighted by Gasteiger charge is -2.05. The van der Waals surface area contributed by atoms with E-state index in [2.05, 4.69) is 11.8 Å². The third kappa shape index (κ3) is 3.23. The van der Waals surface area contributed by atoms with Crippen molar-refractivity contribution in [2.24, 2.45) is 5.84 Å². The van der Waals surface area contributed by atoms with E-state index in [1.54, 1.807) is 18.2 Å². The van der Waals surface area contributed by atoms with Crippen molar-refractivity contribution >= 4 is 5.91 Å². The van der Waals surface area contributed by atoms with E-state index >= 15 is 0 Å². The third-order valence-corrected chi connectivity index (χ3v) is 1.99. The normalized spacial score (nSPS) is 8.53. The number of hydrogen-bond acceptors (Lipinski definition) is 4. The summed E-state index contributed by atoms with van der Waals surface area (Å²) in [7, 11) is 1.50. The average Bonchev–Trinajstić information content (AvgIpc) is 2.38. The fraction of sp³-hybridized carbons (Fsp3) is 0.167. The van der Waals surface area contributed by atoms with Crippen molar-refractivity contribution in [3.8, 4) is 23.7 Å². The molecular weight excluding hydrogens is 218 g/mol. The Morgan fingerprint density at radius 3 is 2.94 bits per heavy atom. The van der Waals surface area contributed by atoms with Gasteiger partial charge >= 0.3 is 0 Å². The summed E-state index contributed by atoms with van der Waals surface area (Å²) in [6, 6.07) is 6.77. The van der Waals surface area contributed by atoms with Gasteiger partial charge in [-0.15, -0.1) is 0 Å². The number of nitrogens with one attached hydrogen (secondary N) is 1. The van der Waals surface area contributed by atoms with Crippen LogP contribution in [-0.2, 0) is 0 Å². The monoisotopic (exact) mass is 229 g/mol. The van der Waals surface area contributed by atoms with Crippen LogP contribution in [0.25, 0.3) is 0 Å². The number of carbonyl (C=O) groups excluding carboxylic acids is 1. The predicted octanol–water partition coefficient (Wildman–Crippen LogP) is 0.564. The second kappa shape index (κ2) is 6.16. The zero-order chi connectivity index (χ0) is 12.7. The van der Waals surface area contributed by atoms with Crippen molar-refractivity contribution in [3.05, 3.63) is 29.3 Å². The highest BCUT2D eigenvalue weighted by molar-refractivity contribution is 5.96. The number of nitrogens with zero attached hydrogens (tertiary/aromatic N) is 1. The number of benzene rings is 1. The minimum absolute atomic E-state index is 0.107. The van der Waals surface area contributed by atoms with Gasteiger partial charge in [-0.25, -0.2) is 5.84 Å². The van der Waals surface area contributed by atoms with Crippen molar-refractivity contribution < 1.29 is 9.53 Å². The van der Waals surface area contributed by atoms with E-state index in [9.17, 15) is 4.79 Å². The zero-order valence-electron chi connectivity index (χ0n) is 9.28. The Morgan fingerprint density at radius 1 is 1.59 bits per heavy atom. The molecule has 17 heavy (non-hydrogen) atoms. The van der Waals surface area contributed by atoms with Crippen LogP contribution in [0.3, 0.4) is 0 Å². The van der Waals surface area contributed by atoms with E-state index in [-0.39, 0.29) is 6.42 Å². The molecule has 0 aliphatic rings. The van der Waals surface area contributed by atoms with Gasteiger partial charge in [-0.1, -0.05) is 11.8 Å². The number of carbonyl (C=O) groups is 1. The number of hydrogen-bond donors (Lipinski definition) is 2. The Labute approximate surface area is 99.1 Å². The fourth-order valence-electron chi connectivity index (χ4n) is 1.20. The summed E-state index contributed by atoms with van der Waals surface area (Å²) in [6.45, 7) is 0. The van der Waals surface area contributed by atoms with Crippen LogP contribution in [0.4, 0.5) is 0 Å². The molecule has 1 amide bonds. The highest BCUT2D eigenvalue weighted by Crippen LogP contribution is 2.16. The number of methoxy groups -OCH3 is 1. The molecule has 0 heterocycles. The van der Waals surface area contributed by atoms with Crippen molar-refractivity contribution in [1.82, 2.24) is 5.43 Å². The average molecular weight is 229 g/mol. The molecule has 0 aliphatic carbocycles. The summed E-state index contributed by atoms with van der Waals surface area (Å²) in [5.41, 5.74) is 2.86. The number of nitrogens with two attached hydrogens (primary N) is 1. The molecule has 0 unspecified atom stereocenters. The standard InChI is InChI=1S/C12H11N3O2/c1-17-10-6-5-9(4-2-3-7-13)11(8-10)12(16)15-14/h5-6,8H,3,14H2,1H3,(H,15,16). The molecule has 0 saturated carbocycles. The molecule has 0 radical (unpaired) electrons. The summed E-state index contributed by atoms with van der Waals surface area (Å²) in [5, 5.41) is 8.38. The van der Waals surface area contributed by atoms with E-state index in [1.165, 1.54) is 7.11 Å². The van der Waals surface area contributed by atoms with Crippen LogP contribution in [0.5, 0.6) is 5.75 Å². The van der Waals surface area contributed by atoms with Gasteiger partial charge in [-0.2, -0.15) is 5.26 Å². The molecule has 0 bridgehead atoms. The van der Waals surface area contributed by atoms with Gasteiger partial charge in [0.25, 0.3) is 5.91 Å². The molecule has 0 spiro atoms. The van der Waals surface area contributed by atoms with Crippen LogP contribution in [0, 0.1) is 23.2 Å². The van der Waals surface area contributed by atoms with Crippen molar-refractivity contribution in [3.63, 3.8) is 0 Å². The Balaban J connectivity index is 3.17. The van der Waals surface area contributed by atoms with Crippen LogP contribution in [0.1, 0.15) is 22.3 Å². The van der Waals surface area contributed by atoms with Gasteiger partial charge in [0, 0.05) is 5.56 Å². The molecular formula is C12H11N3O2. The largest absolute Gasteiger partial charge is 0.497 e. The Bertz CT molecular complexity index is 521. The van der Waals surface area contributed by atoms with Gasteiger partial charge in [-0.3, -0.25) is 10.2 Å². The molecule has 3 N–H and O–H groups in total. The summed E-state index contributed by atoms with van der Waals surface area (Å²) in [6.07, 6.45) is 0.107. The lowest BCUT2D eigenvalue weighted by molar-refractivity contribution is 0.0953. The van der Waals surface area contributed by atoms with Gasteiger partial charge < -0.3 is 4.74 Å². The molecule has 5 heteroatoms. The van der Waals surface area contributed by atoms with Crippen molar-refractivity contribution in [1.29, 1.82) is 5.26 Å². The SMILES string of the molecule is COc1ccc(C#CCC#N)c(C(=O)NN)c1. The maximum Gasteiger partial charge on any atom is 0.266 e. The third-order valence-electron chi connectivity index (χ3n) is 1.99. The first-order valence-corrected chi connectivity index (χ1v) is 4.77. The molecule has 0 atom stereocenters. The van der Waals surface area contributed by atoms with Crippen LogP contribution in [0.2, 0.25) is 0 Å². The number of nitrogen functional groups attached to an aromatic ring is 1. The van der Waals surface area contributed by atoms with Gasteiger partial charge in [0.1, 0.15) is 5.75 Å². The first-order valence-electron chi connectivity index (χ1n) is 4.77. The first kappa shape index (κ1) is 12.6. The highest BCUT2D eigenvalue weighted by atomic mass is 16.5. The van der Waals surface area contributed by atoms with Crippen LogP contribution in [-0.4, -0.2) is 13.0 Å². The van der Waals surface area contributed by atoms with Crippen LogP contribution in [0.15, 0.2) is 18.2 Å². The zero-order valence-corrected chi connectivity index (χ0v) is 9.28. The molecule has 0 aromatic heterocycles. The number of hydrazine groups is 1. The molecule has 0 aliphatic heterocycles. The number of rotatable bonds is 2. The first-order chi connectivity index (χ1) is 8.22. The Hall–Kier alpha value is -2.50. The maximum absolute atomic E-state index is 11.5. The lowest BCUT2D eigenvalue weighted by Crippen LogP contribution is -2.30. The predicted molar refractivity (Wildman–Crippen MR) is 61.8 cm³/mol. The second-order valence-corrected chi connectivity index (χ2v) is 3.02. The topological polar surface area (TPSA) is 88.1 Å². The number of amides is 1. The summed E-state index contributed by atoms with van der Waals surface area (Å²) >= 11 is 0. The van der Waals surface area contributed by atoms with Gasteiger partial charge in [0.05, 0.1) is 25.2 Å². The second-order valence-electron chi connectivity index (χ2n) is 3.02. The van der Waals surface area contributed by atoms with Gasteiger partial charge in [-0.05, 0) is 18.2 Å². The summed E-state index contributed by atoms with van der Waals surface area (Å²) in [5.74, 6) is 10.5. The number of ether oxygens (including phenoxy) is 1. The van der Waals surface area contributed by atoms with Crippen molar-refractivity contribution in [2.75, 3.05) is 7.11 Å². The molecule has 5 nitrogen and oxygen atoms in total. The molecule has 1 aromatic carbocycles. The number of nitriles is 1. The minimum atomic E-state index is -0.454. The highest BCUT2D eigenvalue weighted by Gasteiger charge is 2.10. The minimum Gasteiger partial charge on any atom is -0.497 e. The van der Waals surface area contributed by atoms with Gasteiger partial charge in [0.2, 0.25) is 0 Å². The van der Waals surface area contributed by atoms with E-state index in [0.717, 1.165) is 0 Å². The van der Waals surface area contributed by atoms with Crippen molar-refractivity contribution in [2.45, 2.75) is 6.42 Å². The molecule has 1 aromatic rings. The molecule has 0 saturated heterocycles. The quantitative estimate of drug-likeness (QED) is 0.336. The van der Waals surface area contributed by atoms with E-state index < -0.39 is 5.91 Å². The van der Waals surface area contributed by atoms with Crippen LogP contribution < -0.4 is 16.0 Å². The smallest absolute Gasteiger partial charge is 0.266 e. The van der Waals surface area contributed by atoms with Crippen LogP contribution >= 0.6 is 0 Å². The summed E-state index contributed by atoms with van der Waals surface area (Å²) in [4.78, 5) is 11.5. The summed E-state index contributed by atoms with van der Waals surface area (Å²) < 4.78 is 5.01. The lowest BCUT2D eigenvalue weighted by atomic mass is 10.1. The molecule has 0 fully saturated rings. The van der Waals surface area contributed by atoms with Gasteiger partial charge in [0.15, 0.2) is 0 Å². The molecule has 86 valence electrons. The Morgan fingerprint density at radius 2 is 2.35 bits per heavy atom. The fourth-order valence-corrected chi connectivity index (χ4v) is 1.20. The van der Waals surface area contributed by atoms with E-state index in [4.69, 9.17) is 15.8 Å². The van der Waals surface area contributed by atoms with E-state index in [0.29, 0.717) is 16.9 Å². The maximum atomic E-state index is 11.5. The Kier molecular flexibility index (Phi) is 4.56.